The molecule has 23 heavy (non-hydrogen) atoms. The van der Waals surface area contributed by atoms with Gasteiger partial charge in [-0.3, -0.25) is 4.79 Å². The lowest BCUT2D eigenvalue weighted by Crippen LogP contribution is -2.13. The lowest BCUT2D eigenvalue weighted by atomic mass is 10.1. The second kappa shape index (κ2) is 7.26. The number of nitrogen functional groups attached to an aromatic ring is 1. The van der Waals surface area contributed by atoms with Crippen LogP contribution in [0, 0.1) is 0 Å². The predicted octanol–water partition coefficient (Wildman–Crippen LogP) is 3.52. The van der Waals surface area contributed by atoms with E-state index >= 15 is 0 Å². The highest BCUT2D eigenvalue weighted by Crippen LogP contribution is 2.24. The van der Waals surface area contributed by atoms with Crippen LogP contribution in [0.3, 0.4) is 0 Å². The third-order valence-corrected chi connectivity index (χ3v) is 4.91. The van der Waals surface area contributed by atoms with Crippen molar-refractivity contribution in [2.24, 2.45) is 0 Å². The Bertz CT molecular complexity index is 787. The molecule has 116 valence electrons. The van der Waals surface area contributed by atoms with Gasteiger partial charge in [0.1, 0.15) is 0 Å². The predicted molar refractivity (Wildman–Crippen MR) is 95.6 cm³/mol. The maximum absolute atomic E-state index is 11.9. The lowest BCUT2D eigenvalue weighted by molar-refractivity contribution is -0.113. The third kappa shape index (κ3) is 4.30. The molecule has 1 amide bonds. The molecule has 0 aliphatic rings. The van der Waals surface area contributed by atoms with Gasteiger partial charge in [0.05, 0.1) is 5.75 Å². The van der Waals surface area contributed by atoms with E-state index in [-0.39, 0.29) is 11.7 Å². The summed E-state index contributed by atoms with van der Waals surface area (Å²) in [5, 5.41) is 10.8. The van der Waals surface area contributed by atoms with E-state index < -0.39 is 0 Å². The Morgan fingerprint density at radius 3 is 2.39 bits per heavy atom. The summed E-state index contributed by atoms with van der Waals surface area (Å²) in [7, 11) is 0. The molecule has 0 unspecified atom stereocenters. The van der Waals surface area contributed by atoms with Crippen LogP contribution in [-0.4, -0.2) is 21.9 Å². The van der Waals surface area contributed by atoms with Gasteiger partial charge in [0.25, 0.3) is 0 Å². The van der Waals surface area contributed by atoms with Crippen molar-refractivity contribution in [2.75, 3.05) is 16.8 Å². The topological polar surface area (TPSA) is 80.9 Å². The average molecular weight is 342 g/mol. The van der Waals surface area contributed by atoms with E-state index in [1.807, 2.05) is 42.5 Å². The SMILES string of the molecule is Nc1nnc(SCC(=O)Nc2ccc(-c3ccccc3)cc2)s1. The smallest absolute Gasteiger partial charge is 0.234 e. The van der Waals surface area contributed by atoms with Crippen LogP contribution in [0.15, 0.2) is 58.9 Å². The molecule has 0 radical (unpaired) electrons. The standard InChI is InChI=1S/C16H14N4OS2/c17-15-19-20-16(23-15)22-10-14(21)18-13-8-6-12(7-9-13)11-4-2-1-3-5-11/h1-9H,10H2,(H2,17,19)(H,18,21). The van der Waals surface area contributed by atoms with Crippen molar-refractivity contribution in [1.82, 2.24) is 10.2 Å². The molecule has 2 aromatic carbocycles. The zero-order valence-corrected chi connectivity index (χ0v) is 13.7. The Balaban J connectivity index is 1.56. The van der Waals surface area contributed by atoms with Crippen molar-refractivity contribution < 1.29 is 4.79 Å². The van der Waals surface area contributed by atoms with Gasteiger partial charge < -0.3 is 11.1 Å². The van der Waals surface area contributed by atoms with Crippen molar-refractivity contribution in [3.05, 3.63) is 54.6 Å². The number of nitrogens with one attached hydrogen (secondary N) is 1. The fourth-order valence-electron chi connectivity index (χ4n) is 1.98. The largest absolute Gasteiger partial charge is 0.374 e. The molecule has 0 saturated heterocycles. The Labute approximate surface area is 141 Å². The molecule has 3 rings (SSSR count). The number of benzene rings is 2. The number of nitrogens with two attached hydrogens (primary N) is 1. The minimum Gasteiger partial charge on any atom is -0.374 e. The van der Waals surface area contributed by atoms with E-state index in [4.69, 9.17) is 5.73 Å². The van der Waals surface area contributed by atoms with Gasteiger partial charge in [-0.05, 0) is 23.3 Å². The number of hydrogen-bond donors (Lipinski definition) is 2. The maximum atomic E-state index is 11.9. The Hall–Kier alpha value is -2.38. The molecule has 7 heteroatoms. The Morgan fingerprint density at radius 1 is 1.04 bits per heavy atom. The monoisotopic (exact) mass is 342 g/mol. The zero-order chi connectivity index (χ0) is 16.1. The number of carbonyl (C=O) groups is 1. The molecule has 0 bridgehead atoms. The van der Waals surface area contributed by atoms with Gasteiger partial charge in [-0.1, -0.05) is 65.6 Å². The minimum absolute atomic E-state index is 0.0868. The van der Waals surface area contributed by atoms with Gasteiger partial charge in [0.15, 0.2) is 4.34 Å². The summed E-state index contributed by atoms with van der Waals surface area (Å²) >= 11 is 2.60. The summed E-state index contributed by atoms with van der Waals surface area (Å²) in [6.07, 6.45) is 0. The van der Waals surface area contributed by atoms with E-state index in [0.29, 0.717) is 9.47 Å². The summed E-state index contributed by atoms with van der Waals surface area (Å²) in [6, 6.07) is 17.9. The molecule has 1 aromatic heterocycles. The summed E-state index contributed by atoms with van der Waals surface area (Å²) in [5.41, 5.74) is 8.53. The van der Waals surface area contributed by atoms with Gasteiger partial charge in [-0.25, -0.2) is 0 Å². The molecule has 0 aliphatic carbocycles. The number of hydrogen-bond acceptors (Lipinski definition) is 6. The van der Waals surface area contributed by atoms with Crippen LogP contribution in [0.25, 0.3) is 11.1 Å². The minimum atomic E-state index is -0.0868. The van der Waals surface area contributed by atoms with Crippen LogP contribution in [0.1, 0.15) is 0 Å². The number of nitrogens with zero attached hydrogens (tertiary/aromatic N) is 2. The second-order valence-electron chi connectivity index (χ2n) is 4.69. The number of carbonyl (C=O) groups excluding carboxylic acids is 1. The second-order valence-corrected chi connectivity index (χ2v) is 6.92. The first kappa shape index (κ1) is 15.5. The van der Waals surface area contributed by atoms with Gasteiger partial charge in [-0.2, -0.15) is 0 Å². The summed E-state index contributed by atoms with van der Waals surface area (Å²) in [5.74, 6) is 0.186. The number of anilines is 2. The van der Waals surface area contributed by atoms with Crippen LogP contribution < -0.4 is 11.1 Å². The van der Waals surface area contributed by atoms with E-state index in [1.165, 1.54) is 23.1 Å². The molecule has 0 spiro atoms. The number of rotatable bonds is 5. The summed E-state index contributed by atoms with van der Waals surface area (Å²) in [4.78, 5) is 11.9. The number of amides is 1. The molecular weight excluding hydrogens is 328 g/mol. The van der Waals surface area contributed by atoms with Gasteiger partial charge in [-0.15, -0.1) is 10.2 Å². The Kier molecular flexibility index (Phi) is 4.89. The van der Waals surface area contributed by atoms with Crippen molar-refractivity contribution in [3.8, 4) is 11.1 Å². The summed E-state index contributed by atoms with van der Waals surface area (Å²) in [6.45, 7) is 0. The molecule has 0 fully saturated rings. The van der Waals surface area contributed by atoms with Crippen LogP contribution in [0.4, 0.5) is 10.8 Å². The van der Waals surface area contributed by atoms with Crippen LogP contribution in [-0.2, 0) is 4.79 Å². The molecule has 1 heterocycles. The highest BCUT2D eigenvalue weighted by molar-refractivity contribution is 8.01. The van der Waals surface area contributed by atoms with Crippen molar-refractivity contribution in [3.63, 3.8) is 0 Å². The van der Waals surface area contributed by atoms with Crippen molar-refractivity contribution in [1.29, 1.82) is 0 Å². The van der Waals surface area contributed by atoms with Crippen LogP contribution in [0.5, 0.6) is 0 Å². The summed E-state index contributed by atoms with van der Waals surface area (Å²) < 4.78 is 0.692. The van der Waals surface area contributed by atoms with Crippen molar-refractivity contribution >= 4 is 39.8 Å². The molecule has 0 aliphatic heterocycles. The zero-order valence-electron chi connectivity index (χ0n) is 12.1. The quantitative estimate of drug-likeness (QED) is 0.693. The van der Waals surface area contributed by atoms with Gasteiger partial charge in [0.2, 0.25) is 11.0 Å². The fourth-order valence-corrected chi connectivity index (χ4v) is 3.42. The van der Waals surface area contributed by atoms with Crippen molar-refractivity contribution in [2.45, 2.75) is 4.34 Å². The van der Waals surface area contributed by atoms with Gasteiger partial charge >= 0.3 is 0 Å². The first-order valence-electron chi connectivity index (χ1n) is 6.88. The normalized spacial score (nSPS) is 10.4. The molecule has 3 aromatic rings. The van der Waals surface area contributed by atoms with Crippen LogP contribution >= 0.6 is 23.1 Å². The van der Waals surface area contributed by atoms with E-state index in [9.17, 15) is 4.79 Å². The number of aromatic nitrogens is 2. The highest BCUT2D eigenvalue weighted by Gasteiger charge is 2.07. The maximum Gasteiger partial charge on any atom is 0.234 e. The molecule has 0 atom stereocenters. The molecular formula is C16H14N4OS2. The van der Waals surface area contributed by atoms with E-state index in [0.717, 1.165) is 16.8 Å². The Morgan fingerprint density at radius 2 is 1.74 bits per heavy atom. The molecule has 0 saturated carbocycles. The van der Waals surface area contributed by atoms with E-state index in [2.05, 4.69) is 27.6 Å². The van der Waals surface area contributed by atoms with E-state index in [1.54, 1.807) is 0 Å². The lowest BCUT2D eigenvalue weighted by Gasteiger charge is -2.06. The highest BCUT2D eigenvalue weighted by atomic mass is 32.2. The molecule has 5 nitrogen and oxygen atoms in total. The number of thioether (sulfide) groups is 1. The van der Waals surface area contributed by atoms with Gasteiger partial charge in [0, 0.05) is 5.69 Å². The average Bonchev–Trinajstić information content (AvgIpc) is 3.00. The first-order chi connectivity index (χ1) is 11.2. The fraction of sp³-hybridized carbons (Fsp3) is 0.0625. The first-order valence-corrected chi connectivity index (χ1v) is 8.68. The third-order valence-electron chi connectivity index (χ3n) is 3.02. The molecule has 3 N–H and O–H groups in total. The van der Waals surface area contributed by atoms with Crippen LogP contribution in [0.2, 0.25) is 0 Å².